The molecule has 0 aliphatic rings. The van der Waals surface area contributed by atoms with Gasteiger partial charge in [-0.2, -0.15) is 5.10 Å². The molecule has 1 aromatic rings. The Bertz CT molecular complexity index is 293. The largest absolute Gasteiger partial charge is 0.372 e. The van der Waals surface area contributed by atoms with Crippen molar-refractivity contribution in [2.24, 2.45) is 0 Å². The lowest BCUT2D eigenvalue weighted by atomic mass is 10.0. The van der Waals surface area contributed by atoms with E-state index >= 15 is 0 Å². The Balaban J connectivity index is 3.13. The molecule has 1 aromatic heterocycles. The van der Waals surface area contributed by atoms with Gasteiger partial charge in [0.25, 0.3) is 0 Å². The Morgan fingerprint density at radius 3 is 2.82 bits per heavy atom. The molecule has 11 heavy (non-hydrogen) atoms. The number of hydrogen-bond donors (Lipinski definition) is 2. The molecule has 2 N–H and O–H groups in total. The Kier molecular flexibility index (Phi) is 1.71. The van der Waals surface area contributed by atoms with Crippen molar-refractivity contribution >= 4 is 0 Å². The molecule has 1 atom stereocenters. The number of aromatic nitrogens is 2. The molecule has 0 radical (unpaired) electrons. The molecule has 0 amide bonds. The predicted octanol–water partition coefficient (Wildman–Crippen LogP) is 0.559. The molecule has 1 heterocycles. The van der Waals surface area contributed by atoms with Gasteiger partial charge in [0.2, 0.25) is 0 Å². The van der Waals surface area contributed by atoms with Crippen LogP contribution < -0.4 is 0 Å². The Hall–Kier alpha value is -1.27. The van der Waals surface area contributed by atoms with Gasteiger partial charge in [-0.05, 0) is 19.4 Å². The van der Waals surface area contributed by atoms with Gasteiger partial charge >= 0.3 is 0 Å². The molecule has 0 aliphatic carbocycles. The first kappa shape index (κ1) is 7.83. The van der Waals surface area contributed by atoms with E-state index in [2.05, 4.69) is 16.1 Å². The third-order valence-electron chi connectivity index (χ3n) is 1.60. The Morgan fingerprint density at radius 2 is 2.45 bits per heavy atom. The van der Waals surface area contributed by atoms with E-state index in [1.807, 2.05) is 6.92 Å². The number of hydrogen-bond acceptors (Lipinski definition) is 2. The maximum absolute atomic E-state index is 9.56. The van der Waals surface area contributed by atoms with Crippen molar-refractivity contribution in [2.45, 2.75) is 19.4 Å². The molecule has 0 fully saturated rings. The molecule has 3 nitrogen and oxygen atoms in total. The van der Waals surface area contributed by atoms with E-state index in [9.17, 15) is 5.11 Å². The van der Waals surface area contributed by atoms with Gasteiger partial charge in [-0.3, -0.25) is 5.10 Å². The van der Waals surface area contributed by atoms with Crippen LogP contribution in [0.5, 0.6) is 0 Å². The first-order chi connectivity index (χ1) is 5.08. The molecule has 3 heteroatoms. The van der Waals surface area contributed by atoms with E-state index in [-0.39, 0.29) is 0 Å². The summed E-state index contributed by atoms with van der Waals surface area (Å²) in [5, 5.41) is 16.0. The number of H-pyrrole nitrogens is 1. The third-order valence-corrected chi connectivity index (χ3v) is 1.60. The fraction of sp³-hybridized carbons (Fsp3) is 0.375. The van der Waals surface area contributed by atoms with Crippen LogP contribution in [0.1, 0.15) is 18.2 Å². The molecular formula is C8H10N2O. The number of nitrogens with one attached hydrogen (secondary N) is 1. The summed E-state index contributed by atoms with van der Waals surface area (Å²) in [6, 6.07) is 0. The van der Waals surface area contributed by atoms with E-state index in [0.29, 0.717) is 5.69 Å². The second-order valence-electron chi connectivity index (χ2n) is 2.64. The second-order valence-corrected chi connectivity index (χ2v) is 2.64. The number of rotatable bonds is 1. The molecule has 0 aliphatic heterocycles. The number of nitrogens with zero attached hydrogens (tertiary/aromatic N) is 1. The Labute approximate surface area is 65.4 Å². The highest BCUT2D eigenvalue weighted by atomic mass is 16.3. The zero-order valence-electron chi connectivity index (χ0n) is 6.55. The van der Waals surface area contributed by atoms with Crippen molar-refractivity contribution in [1.29, 1.82) is 0 Å². The van der Waals surface area contributed by atoms with Gasteiger partial charge in [0.15, 0.2) is 5.60 Å². The average Bonchev–Trinajstić information content (AvgIpc) is 2.36. The quantitative estimate of drug-likeness (QED) is 0.574. The summed E-state index contributed by atoms with van der Waals surface area (Å²) in [6.45, 7) is 3.39. The fourth-order valence-electron chi connectivity index (χ4n) is 0.911. The monoisotopic (exact) mass is 150 g/mol. The van der Waals surface area contributed by atoms with Gasteiger partial charge in [-0.15, -0.1) is 6.42 Å². The van der Waals surface area contributed by atoms with Crippen LogP contribution in [-0.2, 0) is 5.60 Å². The topological polar surface area (TPSA) is 48.9 Å². The minimum absolute atomic E-state index is 0.583. The van der Waals surface area contributed by atoms with E-state index in [4.69, 9.17) is 6.42 Å². The minimum Gasteiger partial charge on any atom is -0.372 e. The lowest BCUT2D eigenvalue weighted by Crippen LogP contribution is -2.19. The summed E-state index contributed by atoms with van der Waals surface area (Å²) in [7, 11) is 0. The molecule has 0 saturated heterocycles. The maximum Gasteiger partial charge on any atom is 0.164 e. The van der Waals surface area contributed by atoms with Crippen molar-refractivity contribution < 1.29 is 5.11 Å². The van der Waals surface area contributed by atoms with Crippen LogP contribution in [0.25, 0.3) is 0 Å². The molecule has 0 aromatic carbocycles. The highest BCUT2D eigenvalue weighted by Gasteiger charge is 2.23. The van der Waals surface area contributed by atoms with Gasteiger partial charge in [-0.25, -0.2) is 0 Å². The molecule has 1 rings (SSSR count). The zero-order chi connectivity index (χ0) is 8.48. The van der Waals surface area contributed by atoms with Gasteiger partial charge in [-0.1, -0.05) is 5.92 Å². The van der Waals surface area contributed by atoms with Crippen molar-refractivity contribution in [2.75, 3.05) is 0 Å². The molecular weight excluding hydrogens is 140 g/mol. The minimum atomic E-state index is -1.24. The van der Waals surface area contributed by atoms with Gasteiger partial charge in [0.05, 0.1) is 11.9 Å². The average molecular weight is 150 g/mol. The highest BCUT2D eigenvalue weighted by Crippen LogP contribution is 2.19. The van der Waals surface area contributed by atoms with Crippen LogP contribution >= 0.6 is 0 Å². The van der Waals surface area contributed by atoms with Crippen LogP contribution in [-0.4, -0.2) is 15.3 Å². The van der Waals surface area contributed by atoms with Crippen LogP contribution in [0.3, 0.4) is 0 Å². The lowest BCUT2D eigenvalue weighted by molar-refractivity contribution is 0.116. The van der Waals surface area contributed by atoms with Crippen LogP contribution in [0.2, 0.25) is 0 Å². The van der Waals surface area contributed by atoms with Gasteiger partial charge in [0, 0.05) is 0 Å². The Morgan fingerprint density at radius 1 is 1.82 bits per heavy atom. The van der Waals surface area contributed by atoms with Crippen molar-refractivity contribution in [3.8, 4) is 12.3 Å². The van der Waals surface area contributed by atoms with Gasteiger partial charge < -0.3 is 5.11 Å². The molecule has 1 unspecified atom stereocenters. The van der Waals surface area contributed by atoms with Crippen molar-refractivity contribution in [3.63, 3.8) is 0 Å². The summed E-state index contributed by atoms with van der Waals surface area (Å²) >= 11 is 0. The standard InChI is InChI=1S/C8H10N2O/c1-4-8(3,11)7-6(2)5-9-10-7/h1,5,11H,2-3H3,(H,9,10). The zero-order valence-corrected chi connectivity index (χ0v) is 6.55. The molecule has 0 saturated carbocycles. The van der Waals surface area contributed by atoms with Crippen LogP contribution in [0.4, 0.5) is 0 Å². The second kappa shape index (κ2) is 2.40. The maximum atomic E-state index is 9.56. The smallest absolute Gasteiger partial charge is 0.164 e. The SMILES string of the molecule is C#CC(C)(O)c1[nH]ncc1C. The van der Waals surface area contributed by atoms with Crippen LogP contribution in [0.15, 0.2) is 6.20 Å². The van der Waals surface area contributed by atoms with Gasteiger partial charge in [0.1, 0.15) is 0 Å². The van der Waals surface area contributed by atoms with E-state index in [1.54, 1.807) is 13.1 Å². The van der Waals surface area contributed by atoms with E-state index in [0.717, 1.165) is 5.56 Å². The summed E-state index contributed by atoms with van der Waals surface area (Å²) in [5.74, 6) is 2.27. The highest BCUT2D eigenvalue weighted by molar-refractivity contribution is 5.27. The predicted molar refractivity (Wildman–Crippen MR) is 41.7 cm³/mol. The summed E-state index contributed by atoms with van der Waals surface area (Å²) in [5.41, 5.74) is 0.216. The van der Waals surface area contributed by atoms with Crippen LogP contribution in [0, 0.1) is 19.3 Å². The third kappa shape index (κ3) is 1.26. The summed E-state index contributed by atoms with van der Waals surface area (Å²) in [4.78, 5) is 0. The fourth-order valence-corrected chi connectivity index (χ4v) is 0.911. The molecule has 0 bridgehead atoms. The summed E-state index contributed by atoms with van der Waals surface area (Å²) in [6.07, 6.45) is 6.74. The van der Waals surface area contributed by atoms with Crippen molar-refractivity contribution in [1.82, 2.24) is 10.2 Å². The lowest BCUT2D eigenvalue weighted by Gasteiger charge is -2.14. The first-order valence-electron chi connectivity index (χ1n) is 3.28. The normalized spacial score (nSPS) is 15.5. The van der Waals surface area contributed by atoms with E-state index < -0.39 is 5.60 Å². The number of aliphatic hydroxyl groups is 1. The molecule has 0 spiro atoms. The first-order valence-corrected chi connectivity index (χ1v) is 3.28. The number of aromatic amines is 1. The van der Waals surface area contributed by atoms with Crippen molar-refractivity contribution in [3.05, 3.63) is 17.5 Å². The van der Waals surface area contributed by atoms with E-state index in [1.165, 1.54) is 0 Å². The summed E-state index contributed by atoms with van der Waals surface area (Å²) < 4.78 is 0. The number of aryl methyl sites for hydroxylation is 1. The molecule has 58 valence electrons. The number of terminal acetylenes is 1.